The quantitative estimate of drug-likeness (QED) is 0.578. The summed E-state index contributed by atoms with van der Waals surface area (Å²) in [6.45, 7) is 5.43. The van der Waals surface area contributed by atoms with Crippen LogP contribution in [0.2, 0.25) is 5.02 Å². The first-order valence-corrected chi connectivity index (χ1v) is 8.37. The number of halogens is 1. The molecule has 3 nitrogen and oxygen atoms in total. The Morgan fingerprint density at radius 2 is 1.83 bits per heavy atom. The molecular weight excluding hydrogens is 328 g/mol. The van der Waals surface area contributed by atoms with E-state index in [9.17, 15) is 0 Å². The molecule has 0 bridgehead atoms. The molecule has 0 heterocycles. The van der Waals surface area contributed by atoms with Crippen molar-refractivity contribution in [1.29, 1.82) is 0 Å². The van der Waals surface area contributed by atoms with Crippen molar-refractivity contribution in [2.75, 3.05) is 18.5 Å². The number of benzene rings is 2. The second-order valence-corrected chi connectivity index (χ2v) is 6.25. The highest BCUT2D eigenvalue weighted by atomic mass is 35.5. The maximum Gasteiger partial charge on any atom is 0.170 e. The van der Waals surface area contributed by atoms with Gasteiger partial charge in [0.05, 0.1) is 11.6 Å². The third kappa shape index (κ3) is 5.73. The van der Waals surface area contributed by atoms with Crippen LogP contribution < -0.4 is 15.4 Å². The van der Waals surface area contributed by atoms with Crippen molar-refractivity contribution in [2.45, 2.75) is 19.8 Å². The van der Waals surface area contributed by atoms with E-state index in [0.29, 0.717) is 35.0 Å². The van der Waals surface area contributed by atoms with Gasteiger partial charge in [0.15, 0.2) is 5.11 Å². The lowest BCUT2D eigenvalue weighted by atomic mass is 10.0. The summed E-state index contributed by atoms with van der Waals surface area (Å²) >= 11 is 11.3. The van der Waals surface area contributed by atoms with Gasteiger partial charge in [0, 0.05) is 5.69 Å². The zero-order valence-electron chi connectivity index (χ0n) is 13.3. The monoisotopic (exact) mass is 348 g/mol. The molecule has 0 amide bonds. The van der Waals surface area contributed by atoms with Gasteiger partial charge in [-0.2, -0.15) is 0 Å². The molecular formula is C18H21ClN2OS. The van der Waals surface area contributed by atoms with Crippen molar-refractivity contribution in [3.05, 3.63) is 59.1 Å². The molecule has 2 aromatic carbocycles. The van der Waals surface area contributed by atoms with Crippen LogP contribution in [0.4, 0.5) is 5.69 Å². The molecule has 0 aliphatic carbocycles. The van der Waals surface area contributed by atoms with E-state index < -0.39 is 0 Å². The standard InChI is InChI=1S/C18H21ClN2OS/c1-13(2)14-7-9-15(10-8-14)21-18(23)20-11-12-22-17-6-4-3-5-16(17)19/h3-10,13H,11-12H2,1-2H3,(H2,20,21,23). The molecule has 0 atom stereocenters. The number of ether oxygens (including phenoxy) is 1. The van der Waals surface area contributed by atoms with Gasteiger partial charge in [-0.1, -0.05) is 49.7 Å². The Morgan fingerprint density at radius 1 is 1.13 bits per heavy atom. The van der Waals surface area contributed by atoms with Gasteiger partial charge in [0.2, 0.25) is 0 Å². The van der Waals surface area contributed by atoms with Crippen LogP contribution in [0, 0.1) is 0 Å². The van der Waals surface area contributed by atoms with Gasteiger partial charge < -0.3 is 15.4 Å². The van der Waals surface area contributed by atoms with Gasteiger partial charge in [-0.15, -0.1) is 0 Å². The second kappa shape index (κ2) is 8.75. The van der Waals surface area contributed by atoms with Crippen LogP contribution in [0.25, 0.3) is 0 Å². The zero-order chi connectivity index (χ0) is 16.7. The Kier molecular flexibility index (Phi) is 6.68. The number of para-hydroxylation sites is 1. The SMILES string of the molecule is CC(C)c1ccc(NC(=S)NCCOc2ccccc2Cl)cc1. The van der Waals surface area contributed by atoms with Crippen LogP contribution in [0.1, 0.15) is 25.3 Å². The van der Waals surface area contributed by atoms with Crippen LogP contribution >= 0.6 is 23.8 Å². The highest BCUT2D eigenvalue weighted by Gasteiger charge is 2.02. The molecule has 0 saturated carbocycles. The highest BCUT2D eigenvalue weighted by Crippen LogP contribution is 2.22. The lowest BCUT2D eigenvalue weighted by molar-refractivity contribution is 0.323. The van der Waals surface area contributed by atoms with E-state index in [2.05, 4.69) is 36.6 Å². The molecule has 23 heavy (non-hydrogen) atoms. The van der Waals surface area contributed by atoms with Crippen molar-refractivity contribution in [3.8, 4) is 5.75 Å². The summed E-state index contributed by atoms with van der Waals surface area (Å²) in [7, 11) is 0. The minimum atomic E-state index is 0.484. The predicted octanol–water partition coefficient (Wildman–Crippen LogP) is 4.83. The van der Waals surface area contributed by atoms with E-state index in [-0.39, 0.29) is 0 Å². The van der Waals surface area contributed by atoms with E-state index >= 15 is 0 Å². The zero-order valence-corrected chi connectivity index (χ0v) is 14.9. The van der Waals surface area contributed by atoms with E-state index in [4.69, 9.17) is 28.6 Å². The summed E-state index contributed by atoms with van der Waals surface area (Å²) in [5, 5.41) is 7.45. The average Bonchev–Trinajstić information content (AvgIpc) is 2.53. The van der Waals surface area contributed by atoms with E-state index in [0.717, 1.165) is 5.69 Å². The van der Waals surface area contributed by atoms with Crippen molar-refractivity contribution >= 4 is 34.6 Å². The van der Waals surface area contributed by atoms with Crippen LogP contribution in [0.15, 0.2) is 48.5 Å². The summed E-state index contributed by atoms with van der Waals surface area (Å²) in [4.78, 5) is 0. The molecule has 0 saturated heterocycles. The molecule has 5 heteroatoms. The van der Waals surface area contributed by atoms with Gasteiger partial charge in [0.1, 0.15) is 12.4 Å². The van der Waals surface area contributed by atoms with Crippen molar-refractivity contribution < 1.29 is 4.74 Å². The Labute approximate surface area is 148 Å². The largest absolute Gasteiger partial charge is 0.490 e. The predicted molar refractivity (Wildman–Crippen MR) is 102 cm³/mol. The van der Waals surface area contributed by atoms with Gasteiger partial charge in [-0.3, -0.25) is 0 Å². The number of anilines is 1. The minimum Gasteiger partial charge on any atom is -0.490 e. The molecule has 2 N–H and O–H groups in total. The second-order valence-electron chi connectivity index (χ2n) is 5.44. The fourth-order valence-corrected chi connectivity index (χ4v) is 2.42. The smallest absolute Gasteiger partial charge is 0.170 e. The maximum atomic E-state index is 6.02. The molecule has 0 radical (unpaired) electrons. The summed E-state index contributed by atoms with van der Waals surface area (Å²) in [6, 6.07) is 15.7. The highest BCUT2D eigenvalue weighted by molar-refractivity contribution is 7.80. The summed E-state index contributed by atoms with van der Waals surface area (Å²) in [6.07, 6.45) is 0. The molecule has 0 aliphatic heterocycles. The van der Waals surface area contributed by atoms with Crippen LogP contribution in [0.3, 0.4) is 0 Å². The van der Waals surface area contributed by atoms with Crippen LogP contribution in [0.5, 0.6) is 5.75 Å². The van der Waals surface area contributed by atoms with Crippen molar-refractivity contribution in [2.24, 2.45) is 0 Å². The van der Waals surface area contributed by atoms with Gasteiger partial charge in [-0.05, 0) is 48.0 Å². The van der Waals surface area contributed by atoms with Crippen molar-refractivity contribution in [1.82, 2.24) is 5.32 Å². The fraction of sp³-hybridized carbons (Fsp3) is 0.278. The number of nitrogens with one attached hydrogen (secondary N) is 2. The van der Waals surface area contributed by atoms with E-state index in [1.807, 2.05) is 30.3 Å². The molecule has 0 fully saturated rings. The number of rotatable bonds is 6. The molecule has 0 unspecified atom stereocenters. The lowest BCUT2D eigenvalue weighted by Gasteiger charge is -2.12. The topological polar surface area (TPSA) is 33.3 Å². The van der Waals surface area contributed by atoms with E-state index in [1.165, 1.54) is 5.56 Å². The first-order valence-electron chi connectivity index (χ1n) is 7.58. The Hall–Kier alpha value is -1.78. The van der Waals surface area contributed by atoms with Gasteiger partial charge in [-0.25, -0.2) is 0 Å². The van der Waals surface area contributed by atoms with Gasteiger partial charge >= 0.3 is 0 Å². The molecule has 0 spiro atoms. The summed E-state index contributed by atoms with van der Waals surface area (Å²) in [5.41, 5.74) is 2.28. The first kappa shape index (κ1) is 17.6. The maximum absolute atomic E-state index is 6.02. The summed E-state index contributed by atoms with van der Waals surface area (Å²) in [5.74, 6) is 1.20. The summed E-state index contributed by atoms with van der Waals surface area (Å²) < 4.78 is 5.60. The van der Waals surface area contributed by atoms with Crippen LogP contribution in [-0.4, -0.2) is 18.3 Å². The molecule has 2 rings (SSSR count). The molecule has 122 valence electrons. The third-order valence-electron chi connectivity index (χ3n) is 3.32. The Bertz CT molecular complexity index is 644. The van der Waals surface area contributed by atoms with E-state index in [1.54, 1.807) is 6.07 Å². The van der Waals surface area contributed by atoms with Gasteiger partial charge in [0.25, 0.3) is 0 Å². The first-order chi connectivity index (χ1) is 11.1. The third-order valence-corrected chi connectivity index (χ3v) is 3.88. The number of hydrogen-bond acceptors (Lipinski definition) is 2. The van der Waals surface area contributed by atoms with Crippen molar-refractivity contribution in [3.63, 3.8) is 0 Å². The fourth-order valence-electron chi connectivity index (χ4n) is 2.01. The number of thiocarbonyl (C=S) groups is 1. The minimum absolute atomic E-state index is 0.484. The Balaban J connectivity index is 1.72. The van der Waals surface area contributed by atoms with Crippen LogP contribution in [-0.2, 0) is 0 Å². The molecule has 2 aromatic rings. The number of hydrogen-bond donors (Lipinski definition) is 2. The average molecular weight is 349 g/mol. The molecule has 0 aromatic heterocycles. The Morgan fingerprint density at radius 3 is 2.48 bits per heavy atom. The lowest BCUT2D eigenvalue weighted by Crippen LogP contribution is -2.31. The molecule has 0 aliphatic rings. The normalized spacial score (nSPS) is 10.4.